The van der Waals surface area contributed by atoms with Crippen LogP contribution < -0.4 is 22.1 Å². The summed E-state index contributed by atoms with van der Waals surface area (Å²) in [6.45, 7) is 8.80. The first kappa shape index (κ1) is 61.1. The van der Waals surface area contributed by atoms with Crippen molar-refractivity contribution in [1.82, 2.24) is 20.4 Å². The minimum absolute atomic E-state index is 0. The highest BCUT2D eigenvalue weighted by molar-refractivity contribution is 6.01. The Labute approximate surface area is 490 Å². The highest BCUT2D eigenvalue weighted by Gasteiger charge is 2.44. The van der Waals surface area contributed by atoms with E-state index in [4.69, 9.17) is 30.4 Å². The van der Waals surface area contributed by atoms with Gasteiger partial charge in [-0.2, -0.15) is 0 Å². The van der Waals surface area contributed by atoms with Gasteiger partial charge in [0.05, 0.1) is 69.3 Å². The number of non-ortho nitro benzene ring substituents is 2. The topological polar surface area (TPSA) is 306 Å². The van der Waals surface area contributed by atoms with E-state index < -0.39 is 57.8 Å². The lowest BCUT2D eigenvalue weighted by molar-refractivity contribution is -0.385. The average molecular weight is 1160 g/mol. The fourth-order valence-electron chi connectivity index (χ4n) is 11.1. The fraction of sp³-hybridized carbons (Fsp3) is 0.250. The molecule has 0 bridgehead atoms. The maximum atomic E-state index is 13.7. The monoisotopic (exact) mass is 1150 g/mol. The Bertz CT molecular complexity index is 3250. The second-order valence-electron chi connectivity index (χ2n) is 20.4. The molecular weight excluding hydrogens is 1090 g/mol. The highest BCUT2D eigenvalue weighted by atomic mass is 16.6. The molecule has 0 radical (unpaired) electrons. The van der Waals surface area contributed by atoms with Crippen LogP contribution in [-0.4, -0.2) is 101 Å². The molecule has 0 saturated carbocycles. The summed E-state index contributed by atoms with van der Waals surface area (Å²) in [7, 11) is 0. The van der Waals surface area contributed by atoms with Gasteiger partial charge in [-0.1, -0.05) is 146 Å². The number of esters is 4. The van der Waals surface area contributed by atoms with Crippen LogP contribution in [0.1, 0.15) is 85.0 Å². The van der Waals surface area contributed by atoms with Crippen LogP contribution >= 0.6 is 0 Å². The van der Waals surface area contributed by atoms with Gasteiger partial charge in [-0.25, -0.2) is 19.2 Å². The van der Waals surface area contributed by atoms with Crippen molar-refractivity contribution >= 4 is 35.3 Å². The first-order valence-corrected chi connectivity index (χ1v) is 27.4. The number of nitro groups is 2. The van der Waals surface area contributed by atoms with E-state index in [1.165, 1.54) is 36.4 Å². The number of carbonyl (C=O) groups is 4. The zero-order valence-corrected chi connectivity index (χ0v) is 47.2. The lowest BCUT2D eigenvalue weighted by Crippen LogP contribution is -2.54. The number of allylic oxidation sites excluding steroid dienone is 2. The first-order chi connectivity index (χ1) is 40.6. The SMILES string of the molecule is CCOC(=O)C1=C(C)NC(N)=C(C(=O)OC2CN(C(c3ccccc3)c3ccccc3)C2)C1c1cccc([N+](=O)[O-])c1.CCOC(=O)C1=C(C)NC(N)=C(C(=O)OC2CN(C(c3ccccc3)c3ccccc3)C2)C1c1cccc([N+](=O)[O-])c1.O. The number of likely N-dealkylation sites (tertiary alicyclic amines) is 2. The number of benzene rings is 6. The van der Waals surface area contributed by atoms with Crippen LogP contribution in [0, 0.1) is 20.2 Å². The first-order valence-electron chi connectivity index (χ1n) is 27.4. The predicted octanol–water partition coefficient (Wildman–Crippen LogP) is 7.79. The molecule has 0 aromatic heterocycles. The van der Waals surface area contributed by atoms with Gasteiger partial charge in [0.25, 0.3) is 11.4 Å². The largest absolute Gasteiger partial charge is 0.463 e. The van der Waals surface area contributed by atoms with E-state index in [0.29, 0.717) is 48.7 Å². The van der Waals surface area contributed by atoms with Crippen LogP contribution in [0.15, 0.2) is 215 Å². The summed E-state index contributed by atoms with van der Waals surface area (Å²) >= 11 is 0. The number of nitrogens with one attached hydrogen (secondary N) is 2. The minimum Gasteiger partial charge on any atom is -0.463 e. The Morgan fingerprint density at radius 3 is 1.08 bits per heavy atom. The third-order valence-electron chi connectivity index (χ3n) is 14.9. The molecule has 21 heteroatoms. The molecule has 4 aliphatic heterocycles. The van der Waals surface area contributed by atoms with Gasteiger partial charge < -0.3 is 46.5 Å². The molecule has 6 aromatic rings. The van der Waals surface area contributed by atoms with Crippen molar-refractivity contribution in [2.45, 2.75) is 63.8 Å². The standard InChI is InChI=1S/2C32H32N4O6.H2O/c2*1-3-41-31(37)26-20(2)34-30(33)28(27(26)23-15-10-16-24(17-23)36(39)40)32(38)42-25-18-35(19-25)29(21-11-6-4-7-12-21)22-13-8-5-9-14-22;/h2*4-17,25,27,29,34H,3,18-19,33H2,1-2H3;1H2. The quantitative estimate of drug-likeness (QED) is 0.0276. The van der Waals surface area contributed by atoms with Crippen molar-refractivity contribution in [3.8, 4) is 0 Å². The molecule has 6 aromatic carbocycles. The van der Waals surface area contributed by atoms with Gasteiger partial charge in [-0.15, -0.1) is 0 Å². The molecule has 2 fully saturated rings. The Hall–Kier alpha value is -9.96. The Morgan fingerprint density at radius 2 is 0.800 bits per heavy atom. The summed E-state index contributed by atoms with van der Waals surface area (Å²) in [5.74, 6) is -4.71. The number of hydrogen-bond acceptors (Lipinski definition) is 18. The molecule has 0 spiro atoms. The number of carbonyl (C=O) groups excluding carboxylic acids is 4. The number of nitro benzene ring substituents is 2. The van der Waals surface area contributed by atoms with E-state index in [1.807, 2.05) is 72.8 Å². The molecule has 8 N–H and O–H groups in total. The maximum absolute atomic E-state index is 13.7. The van der Waals surface area contributed by atoms with E-state index in [2.05, 4.69) is 69.0 Å². The number of nitrogens with zero attached hydrogens (tertiary/aromatic N) is 4. The molecule has 440 valence electrons. The van der Waals surface area contributed by atoms with Crippen LogP contribution in [-0.2, 0) is 38.1 Å². The van der Waals surface area contributed by atoms with Crippen LogP contribution in [0.5, 0.6) is 0 Å². The van der Waals surface area contributed by atoms with Crippen LogP contribution in [0.3, 0.4) is 0 Å². The van der Waals surface area contributed by atoms with Crippen molar-refractivity contribution in [2.75, 3.05) is 39.4 Å². The second kappa shape index (κ2) is 27.4. The van der Waals surface area contributed by atoms with Crippen molar-refractivity contribution in [1.29, 1.82) is 0 Å². The van der Waals surface area contributed by atoms with Gasteiger partial charge in [-0.3, -0.25) is 30.0 Å². The average Bonchev–Trinajstić information content (AvgIpc) is 1.40. The number of nitrogens with two attached hydrogens (primary N) is 2. The lowest BCUT2D eigenvalue weighted by atomic mass is 9.81. The molecule has 2 atom stereocenters. The number of hydrogen-bond donors (Lipinski definition) is 4. The van der Waals surface area contributed by atoms with Gasteiger partial charge in [-0.05, 0) is 61.1 Å². The van der Waals surface area contributed by atoms with Gasteiger partial charge in [0.15, 0.2) is 0 Å². The minimum atomic E-state index is -1.02. The number of rotatable bonds is 18. The zero-order valence-electron chi connectivity index (χ0n) is 47.2. The molecule has 4 aliphatic rings. The van der Waals surface area contributed by atoms with E-state index in [9.17, 15) is 39.4 Å². The smallest absolute Gasteiger partial charge is 0.339 e. The van der Waals surface area contributed by atoms with Crippen molar-refractivity contribution < 1.29 is 53.4 Å². The van der Waals surface area contributed by atoms with Crippen molar-refractivity contribution in [2.24, 2.45) is 11.5 Å². The van der Waals surface area contributed by atoms with Crippen LogP contribution in [0.2, 0.25) is 0 Å². The third-order valence-corrected chi connectivity index (χ3v) is 14.9. The normalized spacial score (nSPS) is 17.2. The highest BCUT2D eigenvalue weighted by Crippen LogP contribution is 2.43. The zero-order chi connectivity index (χ0) is 59.6. The van der Waals surface area contributed by atoms with Gasteiger partial charge in [0.2, 0.25) is 0 Å². The van der Waals surface area contributed by atoms with Gasteiger partial charge in [0.1, 0.15) is 23.8 Å². The van der Waals surface area contributed by atoms with Crippen molar-refractivity contribution in [3.05, 3.63) is 269 Å². The van der Waals surface area contributed by atoms with Gasteiger partial charge in [0, 0.05) is 61.8 Å². The lowest BCUT2D eigenvalue weighted by Gasteiger charge is -2.44. The number of dihydropyridines is 2. The summed E-state index contributed by atoms with van der Waals surface area (Å²) in [6.07, 6.45) is -0.840. The summed E-state index contributed by atoms with van der Waals surface area (Å²) in [5.41, 5.74) is 18.6. The summed E-state index contributed by atoms with van der Waals surface area (Å²) < 4.78 is 22.4. The molecule has 2 saturated heterocycles. The van der Waals surface area contributed by atoms with E-state index >= 15 is 0 Å². The molecule has 85 heavy (non-hydrogen) atoms. The van der Waals surface area contributed by atoms with Crippen molar-refractivity contribution in [3.63, 3.8) is 0 Å². The molecule has 4 heterocycles. The molecule has 10 rings (SSSR count). The summed E-state index contributed by atoms with van der Waals surface area (Å²) in [5, 5.41) is 28.9. The van der Waals surface area contributed by atoms with E-state index in [0.717, 1.165) is 22.3 Å². The van der Waals surface area contributed by atoms with Crippen LogP contribution in [0.25, 0.3) is 0 Å². The molecule has 0 aliphatic carbocycles. The van der Waals surface area contributed by atoms with Crippen LogP contribution in [0.4, 0.5) is 11.4 Å². The molecular formula is C64H66N8O13. The maximum Gasteiger partial charge on any atom is 0.339 e. The number of ether oxygens (including phenoxy) is 4. The van der Waals surface area contributed by atoms with Gasteiger partial charge >= 0.3 is 23.9 Å². The predicted molar refractivity (Wildman–Crippen MR) is 315 cm³/mol. The summed E-state index contributed by atoms with van der Waals surface area (Å²) in [4.78, 5) is 80.1. The third kappa shape index (κ3) is 13.6. The van der Waals surface area contributed by atoms with E-state index in [1.54, 1.807) is 39.8 Å². The Morgan fingerprint density at radius 1 is 0.494 bits per heavy atom. The Balaban J connectivity index is 0.000000219. The molecule has 2 unspecified atom stereocenters. The molecule has 0 amide bonds. The van der Waals surface area contributed by atoms with E-state index in [-0.39, 0.29) is 76.1 Å². The summed E-state index contributed by atoms with van der Waals surface area (Å²) in [6, 6.07) is 52.0. The Kier molecular flexibility index (Phi) is 19.7. The fourth-order valence-corrected chi connectivity index (χ4v) is 11.1. The second-order valence-corrected chi connectivity index (χ2v) is 20.4. The molecule has 21 nitrogen and oxygen atoms in total.